The number of nitrogens with one attached hydrogen (secondary N) is 1. The van der Waals surface area contributed by atoms with Crippen molar-refractivity contribution in [2.24, 2.45) is 0 Å². The number of nitrogens with zero attached hydrogens (tertiary/aromatic N) is 6. The Hall–Kier alpha value is -3.46. The average Bonchev–Trinajstić information content (AvgIpc) is 3.36. The van der Waals surface area contributed by atoms with Crippen molar-refractivity contribution in [1.29, 1.82) is 0 Å². The molecular weight excluding hydrogens is 509 g/mol. The van der Waals surface area contributed by atoms with E-state index in [0.717, 1.165) is 55.6 Å². The molecule has 3 heterocycles. The first-order valence-corrected chi connectivity index (χ1v) is 12.9. The standard InChI is InChI=1S/C27H27Cl2N7O/c1-19(18-34-13-15-35(16-14-34)27-30-11-2-12-31-27)32-26(37)24-17-25(20-3-5-21(28)6-4-20)36(33-24)23-9-7-22(29)8-10-23/h2-12,17,19H,13-16,18H2,1H3,(H,32,37). The van der Waals surface area contributed by atoms with E-state index in [9.17, 15) is 4.79 Å². The highest BCUT2D eigenvalue weighted by atomic mass is 35.5. The van der Waals surface area contributed by atoms with E-state index in [1.807, 2.05) is 49.4 Å². The van der Waals surface area contributed by atoms with E-state index in [0.29, 0.717) is 15.7 Å². The number of carbonyl (C=O) groups excluding carboxylic acids is 1. The smallest absolute Gasteiger partial charge is 0.272 e. The van der Waals surface area contributed by atoms with Gasteiger partial charge >= 0.3 is 0 Å². The van der Waals surface area contributed by atoms with Crippen LogP contribution >= 0.6 is 23.2 Å². The van der Waals surface area contributed by atoms with E-state index in [4.69, 9.17) is 23.2 Å². The van der Waals surface area contributed by atoms with Crippen molar-refractivity contribution in [3.05, 3.63) is 88.8 Å². The number of amides is 1. The summed E-state index contributed by atoms with van der Waals surface area (Å²) in [6, 6.07) is 18.4. The summed E-state index contributed by atoms with van der Waals surface area (Å²) in [5, 5.41) is 9.03. The van der Waals surface area contributed by atoms with E-state index in [1.165, 1.54) is 0 Å². The fraction of sp³-hybridized carbons (Fsp3) is 0.259. The van der Waals surface area contributed by atoms with E-state index >= 15 is 0 Å². The highest BCUT2D eigenvalue weighted by molar-refractivity contribution is 6.30. The highest BCUT2D eigenvalue weighted by Gasteiger charge is 2.22. The minimum absolute atomic E-state index is 0.0494. The molecule has 1 saturated heterocycles. The van der Waals surface area contributed by atoms with Crippen LogP contribution in [0.2, 0.25) is 10.0 Å². The van der Waals surface area contributed by atoms with Crippen LogP contribution in [0.25, 0.3) is 16.9 Å². The molecule has 1 aliphatic rings. The summed E-state index contributed by atoms with van der Waals surface area (Å²) in [7, 11) is 0. The van der Waals surface area contributed by atoms with Gasteiger partial charge in [-0.05, 0) is 55.5 Å². The Balaban J connectivity index is 1.26. The van der Waals surface area contributed by atoms with Crippen LogP contribution in [-0.4, -0.2) is 69.3 Å². The Morgan fingerprint density at radius 2 is 1.57 bits per heavy atom. The molecule has 0 saturated carbocycles. The second-order valence-corrected chi connectivity index (χ2v) is 9.89. The van der Waals surface area contributed by atoms with Gasteiger partial charge in [-0.15, -0.1) is 0 Å². The number of rotatable bonds is 7. The summed E-state index contributed by atoms with van der Waals surface area (Å²) in [5.41, 5.74) is 2.84. The molecule has 5 rings (SSSR count). The molecule has 37 heavy (non-hydrogen) atoms. The molecule has 1 aliphatic heterocycles. The summed E-state index contributed by atoms with van der Waals surface area (Å²) < 4.78 is 1.75. The van der Waals surface area contributed by atoms with E-state index < -0.39 is 0 Å². The second-order valence-electron chi connectivity index (χ2n) is 9.02. The maximum absolute atomic E-state index is 13.2. The molecule has 1 unspecified atom stereocenters. The number of hydrogen-bond donors (Lipinski definition) is 1. The van der Waals surface area contributed by atoms with E-state index in [-0.39, 0.29) is 11.9 Å². The Morgan fingerprint density at radius 3 is 2.22 bits per heavy atom. The van der Waals surface area contributed by atoms with Crippen LogP contribution in [0.3, 0.4) is 0 Å². The third-order valence-corrected chi connectivity index (χ3v) is 6.77. The number of carbonyl (C=O) groups is 1. The first kappa shape index (κ1) is 25.2. The van der Waals surface area contributed by atoms with Crippen molar-refractivity contribution in [1.82, 2.24) is 30.0 Å². The van der Waals surface area contributed by atoms with Crippen molar-refractivity contribution >= 4 is 35.1 Å². The minimum Gasteiger partial charge on any atom is -0.347 e. The highest BCUT2D eigenvalue weighted by Crippen LogP contribution is 2.26. The molecule has 0 radical (unpaired) electrons. The molecule has 2 aromatic carbocycles. The third-order valence-electron chi connectivity index (χ3n) is 6.27. The fourth-order valence-corrected chi connectivity index (χ4v) is 4.67. The molecule has 0 aliphatic carbocycles. The summed E-state index contributed by atoms with van der Waals surface area (Å²) in [5.74, 6) is 0.544. The van der Waals surface area contributed by atoms with Gasteiger partial charge in [0.25, 0.3) is 5.91 Å². The normalized spacial score (nSPS) is 14.9. The Labute approximate surface area is 225 Å². The van der Waals surface area contributed by atoms with Crippen LogP contribution in [-0.2, 0) is 0 Å². The Bertz CT molecular complexity index is 1270. The van der Waals surface area contributed by atoms with Crippen molar-refractivity contribution < 1.29 is 4.79 Å². The lowest BCUT2D eigenvalue weighted by atomic mass is 10.1. The lowest BCUT2D eigenvalue weighted by Gasteiger charge is -2.35. The van der Waals surface area contributed by atoms with Crippen molar-refractivity contribution in [2.45, 2.75) is 13.0 Å². The molecule has 4 aromatic rings. The van der Waals surface area contributed by atoms with E-state index in [1.54, 1.807) is 35.3 Å². The third kappa shape index (κ3) is 6.10. The SMILES string of the molecule is CC(CN1CCN(c2ncccn2)CC1)NC(=O)c1cc(-c2ccc(Cl)cc2)n(-c2ccc(Cl)cc2)n1. The summed E-state index contributed by atoms with van der Waals surface area (Å²) >= 11 is 12.2. The van der Waals surface area contributed by atoms with Crippen LogP contribution in [0.15, 0.2) is 73.1 Å². The molecule has 0 spiro atoms. The first-order chi connectivity index (χ1) is 18.0. The van der Waals surface area contributed by atoms with Crippen molar-refractivity contribution in [3.8, 4) is 16.9 Å². The summed E-state index contributed by atoms with van der Waals surface area (Å²) in [6.45, 7) is 6.22. The quantitative estimate of drug-likeness (QED) is 0.373. The lowest BCUT2D eigenvalue weighted by Crippen LogP contribution is -2.51. The van der Waals surface area contributed by atoms with Crippen molar-refractivity contribution in [2.75, 3.05) is 37.6 Å². The van der Waals surface area contributed by atoms with Gasteiger partial charge in [0, 0.05) is 66.8 Å². The van der Waals surface area contributed by atoms with Crippen LogP contribution in [0.1, 0.15) is 17.4 Å². The van der Waals surface area contributed by atoms with Crippen molar-refractivity contribution in [3.63, 3.8) is 0 Å². The van der Waals surface area contributed by atoms with Gasteiger partial charge in [0.1, 0.15) is 0 Å². The number of benzene rings is 2. The van der Waals surface area contributed by atoms with Gasteiger partial charge in [0.2, 0.25) is 5.95 Å². The molecule has 190 valence electrons. The zero-order chi connectivity index (χ0) is 25.8. The maximum atomic E-state index is 13.2. The van der Waals surface area contributed by atoms with Crippen LogP contribution in [0.5, 0.6) is 0 Å². The first-order valence-electron chi connectivity index (χ1n) is 12.1. The number of piperazine rings is 1. The molecule has 2 aromatic heterocycles. The molecule has 1 atom stereocenters. The Kier molecular flexibility index (Phi) is 7.69. The van der Waals surface area contributed by atoms with Crippen LogP contribution in [0, 0.1) is 0 Å². The largest absolute Gasteiger partial charge is 0.347 e. The van der Waals surface area contributed by atoms with Crippen LogP contribution in [0.4, 0.5) is 5.95 Å². The number of anilines is 1. The maximum Gasteiger partial charge on any atom is 0.272 e. The van der Waals surface area contributed by atoms with Gasteiger partial charge < -0.3 is 10.2 Å². The topological polar surface area (TPSA) is 79.2 Å². The number of hydrogen-bond acceptors (Lipinski definition) is 6. The zero-order valence-electron chi connectivity index (χ0n) is 20.4. The molecular formula is C27H27Cl2N7O. The zero-order valence-corrected chi connectivity index (χ0v) is 21.9. The molecule has 10 heteroatoms. The molecule has 1 fully saturated rings. The van der Waals surface area contributed by atoms with Gasteiger partial charge in [-0.3, -0.25) is 9.69 Å². The predicted molar refractivity (Wildman–Crippen MR) is 147 cm³/mol. The number of aromatic nitrogens is 4. The van der Waals surface area contributed by atoms with Crippen LogP contribution < -0.4 is 10.2 Å². The lowest BCUT2D eigenvalue weighted by molar-refractivity contribution is 0.0922. The summed E-state index contributed by atoms with van der Waals surface area (Å²) in [6.07, 6.45) is 3.53. The molecule has 8 nitrogen and oxygen atoms in total. The monoisotopic (exact) mass is 535 g/mol. The summed E-state index contributed by atoms with van der Waals surface area (Å²) in [4.78, 5) is 26.4. The van der Waals surface area contributed by atoms with E-state index in [2.05, 4.69) is 30.2 Å². The van der Waals surface area contributed by atoms with Gasteiger partial charge in [-0.1, -0.05) is 35.3 Å². The van der Waals surface area contributed by atoms with Gasteiger partial charge in [0.15, 0.2) is 5.69 Å². The fourth-order valence-electron chi connectivity index (χ4n) is 4.41. The minimum atomic E-state index is -0.216. The predicted octanol–water partition coefficient (Wildman–Crippen LogP) is 4.58. The second kappa shape index (κ2) is 11.3. The molecule has 0 bridgehead atoms. The molecule has 1 N–H and O–H groups in total. The van der Waals surface area contributed by atoms with Gasteiger partial charge in [-0.25, -0.2) is 14.6 Å². The number of halogens is 2. The Morgan fingerprint density at radius 1 is 0.946 bits per heavy atom. The average molecular weight is 536 g/mol. The van der Waals surface area contributed by atoms with Gasteiger partial charge in [0.05, 0.1) is 11.4 Å². The van der Waals surface area contributed by atoms with Gasteiger partial charge in [-0.2, -0.15) is 5.10 Å². The molecule has 1 amide bonds.